The lowest BCUT2D eigenvalue weighted by atomic mass is 9.84. The van der Waals surface area contributed by atoms with Gasteiger partial charge in [0.2, 0.25) is 0 Å². The van der Waals surface area contributed by atoms with Crippen molar-refractivity contribution in [1.82, 2.24) is 10.6 Å². The summed E-state index contributed by atoms with van der Waals surface area (Å²) in [5.41, 5.74) is 1.92. The van der Waals surface area contributed by atoms with Gasteiger partial charge in [-0.3, -0.25) is 10.1 Å². The molecule has 32 heavy (non-hydrogen) atoms. The van der Waals surface area contributed by atoms with Crippen LogP contribution in [-0.4, -0.2) is 54.9 Å². The lowest BCUT2D eigenvalue weighted by molar-refractivity contribution is -0.145. The zero-order valence-corrected chi connectivity index (χ0v) is 20.2. The number of carbonyl (C=O) groups excluding carboxylic acids is 3. The molecule has 0 unspecified atom stereocenters. The molecule has 3 heterocycles. The Bertz CT molecular complexity index is 925. The molecule has 1 aromatic heterocycles. The average Bonchev–Trinajstić information content (AvgIpc) is 3.45. The molecule has 174 valence electrons. The van der Waals surface area contributed by atoms with Crippen molar-refractivity contribution in [3.8, 4) is 0 Å². The van der Waals surface area contributed by atoms with Gasteiger partial charge in [-0.1, -0.05) is 6.07 Å². The van der Waals surface area contributed by atoms with Gasteiger partial charge in [-0.2, -0.15) is 0 Å². The van der Waals surface area contributed by atoms with Gasteiger partial charge in [0, 0.05) is 16.3 Å². The molecule has 1 aromatic rings. The Labute approximate surface area is 195 Å². The smallest absolute Gasteiger partial charge is 0.336 e. The van der Waals surface area contributed by atoms with Crippen molar-refractivity contribution in [3.05, 3.63) is 44.9 Å². The maximum Gasteiger partial charge on any atom is 0.336 e. The van der Waals surface area contributed by atoms with E-state index >= 15 is 0 Å². The van der Waals surface area contributed by atoms with Gasteiger partial charge in [-0.05, 0) is 39.1 Å². The Morgan fingerprint density at radius 1 is 1.03 bits per heavy atom. The van der Waals surface area contributed by atoms with Crippen LogP contribution in [0, 0.1) is 0 Å². The van der Waals surface area contributed by atoms with Crippen LogP contribution in [0.25, 0.3) is 0 Å². The number of thioether (sulfide) groups is 1. The SMILES string of the molecule is CCOC(=O)C1=C(C)NC([C@@H]2N[C@H](C(=O)OCC)CS2)=C(C(=O)OCC)[C@@H]1c1cccs1. The molecule has 1 fully saturated rings. The zero-order chi connectivity index (χ0) is 23.3. The number of nitrogens with one attached hydrogen (secondary N) is 2. The van der Waals surface area contributed by atoms with Crippen LogP contribution in [0.5, 0.6) is 0 Å². The second kappa shape index (κ2) is 11.0. The van der Waals surface area contributed by atoms with Crippen LogP contribution < -0.4 is 10.6 Å². The number of esters is 3. The van der Waals surface area contributed by atoms with E-state index in [2.05, 4.69) is 10.6 Å². The molecule has 0 bridgehead atoms. The third kappa shape index (κ3) is 5.02. The first-order valence-electron chi connectivity index (χ1n) is 10.6. The molecule has 3 atom stereocenters. The maximum atomic E-state index is 13.2. The Hall–Kier alpha value is -2.30. The van der Waals surface area contributed by atoms with E-state index in [4.69, 9.17) is 14.2 Å². The number of allylic oxidation sites excluding steroid dienone is 1. The largest absolute Gasteiger partial charge is 0.465 e. The fraction of sp³-hybridized carbons (Fsp3) is 0.500. The Balaban J connectivity index is 2.07. The Morgan fingerprint density at radius 2 is 1.69 bits per heavy atom. The van der Waals surface area contributed by atoms with Crippen LogP contribution in [-0.2, 0) is 28.6 Å². The van der Waals surface area contributed by atoms with Crippen molar-refractivity contribution >= 4 is 41.0 Å². The van der Waals surface area contributed by atoms with Crippen molar-refractivity contribution in [2.75, 3.05) is 25.6 Å². The van der Waals surface area contributed by atoms with Crippen molar-refractivity contribution in [2.24, 2.45) is 0 Å². The minimum absolute atomic E-state index is 0.195. The van der Waals surface area contributed by atoms with Crippen molar-refractivity contribution in [1.29, 1.82) is 0 Å². The predicted molar refractivity (Wildman–Crippen MR) is 123 cm³/mol. The molecule has 2 N–H and O–H groups in total. The molecular formula is C22H28N2O6S2. The van der Waals surface area contributed by atoms with E-state index in [1.807, 2.05) is 17.5 Å². The molecule has 8 nitrogen and oxygen atoms in total. The summed E-state index contributed by atoms with van der Waals surface area (Å²) in [7, 11) is 0. The lowest BCUT2D eigenvalue weighted by Gasteiger charge is -2.32. The number of thiophene rings is 1. The van der Waals surface area contributed by atoms with Crippen molar-refractivity contribution in [2.45, 2.75) is 45.0 Å². The molecule has 0 spiro atoms. The summed E-state index contributed by atoms with van der Waals surface area (Å²) in [5, 5.41) is 8.03. The lowest BCUT2D eigenvalue weighted by Crippen LogP contribution is -2.43. The van der Waals surface area contributed by atoms with Gasteiger partial charge in [0.15, 0.2) is 0 Å². The fourth-order valence-corrected chi connectivity index (χ4v) is 5.81. The Morgan fingerprint density at radius 3 is 2.28 bits per heavy atom. The quantitative estimate of drug-likeness (QED) is 0.429. The van der Waals surface area contributed by atoms with E-state index in [-0.39, 0.29) is 24.6 Å². The number of carbonyl (C=O) groups is 3. The second-order valence-electron chi connectivity index (χ2n) is 7.07. The minimum Gasteiger partial charge on any atom is -0.465 e. The summed E-state index contributed by atoms with van der Waals surface area (Å²) < 4.78 is 15.9. The molecule has 2 aliphatic rings. The zero-order valence-electron chi connectivity index (χ0n) is 18.6. The summed E-state index contributed by atoms with van der Waals surface area (Å²) in [6.07, 6.45) is 0. The van der Waals surface area contributed by atoms with Gasteiger partial charge < -0.3 is 19.5 Å². The summed E-state index contributed by atoms with van der Waals surface area (Å²) in [6.45, 7) is 7.75. The van der Waals surface area contributed by atoms with E-state index in [0.717, 1.165) is 4.88 Å². The fourth-order valence-electron chi connectivity index (χ4n) is 3.73. The number of ether oxygens (including phenoxy) is 3. The Kier molecular flexibility index (Phi) is 8.38. The van der Waals surface area contributed by atoms with Crippen molar-refractivity contribution in [3.63, 3.8) is 0 Å². The summed E-state index contributed by atoms with van der Waals surface area (Å²) in [6, 6.07) is 3.28. The molecule has 2 aliphatic heterocycles. The average molecular weight is 481 g/mol. The van der Waals surface area contributed by atoms with Crippen LogP contribution in [0.15, 0.2) is 40.1 Å². The standard InChI is InChI=1S/C22H28N2O6S2/c1-5-28-20(25)13-11-32-19(24-13)18-17(22(27)30-7-3)16(14-9-8-10-31-14)15(12(4)23-18)21(26)29-6-2/h8-10,13,16,19,23-24H,5-7,11H2,1-4H3/t13-,16+,19+/m0/s1. The highest BCUT2D eigenvalue weighted by atomic mass is 32.2. The van der Waals surface area contributed by atoms with Gasteiger partial charge in [0.1, 0.15) is 6.04 Å². The number of hydrogen-bond acceptors (Lipinski definition) is 10. The van der Waals surface area contributed by atoms with Gasteiger partial charge in [0.05, 0.1) is 48.0 Å². The predicted octanol–water partition coefficient (Wildman–Crippen LogP) is 2.68. The second-order valence-corrected chi connectivity index (χ2v) is 9.18. The van der Waals surface area contributed by atoms with E-state index in [9.17, 15) is 14.4 Å². The third-order valence-corrected chi connectivity index (χ3v) is 7.20. The highest BCUT2D eigenvalue weighted by molar-refractivity contribution is 8.00. The van der Waals surface area contributed by atoms with Crippen LogP contribution in [0.4, 0.5) is 0 Å². The van der Waals surface area contributed by atoms with Gasteiger partial charge in [-0.15, -0.1) is 23.1 Å². The first kappa shape index (κ1) is 24.3. The highest BCUT2D eigenvalue weighted by Crippen LogP contribution is 2.43. The van der Waals surface area contributed by atoms with Gasteiger partial charge in [-0.25, -0.2) is 9.59 Å². The summed E-state index contributed by atoms with van der Waals surface area (Å²) >= 11 is 2.95. The van der Waals surface area contributed by atoms with Crippen LogP contribution in [0.2, 0.25) is 0 Å². The number of dihydropyridines is 1. The number of rotatable bonds is 8. The number of hydrogen-bond donors (Lipinski definition) is 2. The topological polar surface area (TPSA) is 103 Å². The van der Waals surface area contributed by atoms with E-state index in [0.29, 0.717) is 34.9 Å². The van der Waals surface area contributed by atoms with E-state index < -0.39 is 23.9 Å². The molecule has 0 radical (unpaired) electrons. The molecule has 0 amide bonds. The molecule has 10 heteroatoms. The van der Waals surface area contributed by atoms with Gasteiger partial charge >= 0.3 is 17.9 Å². The molecular weight excluding hydrogens is 452 g/mol. The third-order valence-electron chi connectivity index (χ3n) is 5.03. The van der Waals surface area contributed by atoms with Crippen LogP contribution >= 0.6 is 23.1 Å². The normalized spacial score (nSPS) is 23.1. The maximum absolute atomic E-state index is 13.2. The molecule has 0 aliphatic carbocycles. The molecule has 3 rings (SSSR count). The molecule has 0 aromatic carbocycles. The van der Waals surface area contributed by atoms with E-state index in [1.165, 1.54) is 23.1 Å². The first-order valence-corrected chi connectivity index (χ1v) is 12.5. The van der Waals surface area contributed by atoms with Crippen molar-refractivity contribution < 1.29 is 28.6 Å². The minimum atomic E-state index is -0.631. The van der Waals surface area contributed by atoms with Crippen LogP contribution in [0.1, 0.15) is 38.5 Å². The first-order chi connectivity index (χ1) is 15.4. The molecule has 0 saturated carbocycles. The highest BCUT2D eigenvalue weighted by Gasteiger charge is 2.43. The van der Waals surface area contributed by atoms with Crippen LogP contribution in [0.3, 0.4) is 0 Å². The van der Waals surface area contributed by atoms with E-state index in [1.54, 1.807) is 27.7 Å². The van der Waals surface area contributed by atoms with Gasteiger partial charge in [0.25, 0.3) is 0 Å². The monoisotopic (exact) mass is 480 g/mol. The summed E-state index contributed by atoms with van der Waals surface area (Å²) in [4.78, 5) is 39.2. The molecule has 1 saturated heterocycles. The summed E-state index contributed by atoms with van der Waals surface area (Å²) in [5.74, 6) is -1.45.